The van der Waals surface area contributed by atoms with Gasteiger partial charge in [-0.2, -0.15) is 0 Å². The summed E-state index contributed by atoms with van der Waals surface area (Å²) in [6, 6.07) is 10.2. The maximum atomic E-state index is 5.65. The Morgan fingerprint density at radius 3 is 2.67 bits per heavy atom. The molecule has 0 radical (unpaired) electrons. The van der Waals surface area contributed by atoms with Gasteiger partial charge in [-0.15, -0.1) is 0 Å². The van der Waals surface area contributed by atoms with E-state index in [4.69, 9.17) is 10.3 Å². The molecular formula is C12H14N2O. The Morgan fingerprint density at radius 2 is 2.00 bits per heavy atom. The van der Waals surface area contributed by atoms with E-state index in [1.807, 2.05) is 25.1 Å². The zero-order chi connectivity index (χ0) is 10.7. The minimum atomic E-state index is 0.484. The first-order valence-corrected chi connectivity index (χ1v) is 4.99. The van der Waals surface area contributed by atoms with Crippen LogP contribution in [0.4, 0.5) is 0 Å². The number of hydrogen-bond acceptors (Lipinski definition) is 3. The number of hydrogen-bond donors (Lipinski definition) is 1. The highest BCUT2D eigenvalue weighted by atomic mass is 16.5. The average Bonchev–Trinajstić information content (AvgIpc) is 2.61. The van der Waals surface area contributed by atoms with E-state index in [-0.39, 0.29) is 0 Å². The van der Waals surface area contributed by atoms with Gasteiger partial charge in [0.2, 0.25) is 0 Å². The van der Waals surface area contributed by atoms with Crippen LogP contribution in [0.25, 0.3) is 0 Å². The molecule has 0 bridgehead atoms. The first kappa shape index (κ1) is 9.93. The lowest BCUT2D eigenvalue weighted by molar-refractivity contribution is 0.384. The molecule has 3 heteroatoms. The molecule has 0 saturated heterocycles. The molecule has 0 atom stereocenters. The Balaban J connectivity index is 2.25. The van der Waals surface area contributed by atoms with E-state index >= 15 is 0 Å². The number of aromatic nitrogens is 1. The van der Waals surface area contributed by atoms with Crippen molar-refractivity contribution < 1.29 is 4.52 Å². The van der Waals surface area contributed by atoms with Gasteiger partial charge in [0.05, 0.1) is 5.69 Å². The highest BCUT2D eigenvalue weighted by Gasteiger charge is 2.11. The summed E-state index contributed by atoms with van der Waals surface area (Å²) in [4.78, 5) is 0. The van der Waals surface area contributed by atoms with Crippen LogP contribution in [-0.2, 0) is 13.0 Å². The van der Waals surface area contributed by atoms with Crippen molar-refractivity contribution in [3.05, 3.63) is 52.9 Å². The molecule has 1 aromatic carbocycles. The van der Waals surface area contributed by atoms with Crippen LogP contribution in [0.5, 0.6) is 0 Å². The predicted molar refractivity (Wildman–Crippen MR) is 58.4 cm³/mol. The van der Waals surface area contributed by atoms with Crippen molar-refractivity contribution in [2.45, 2.75) is 19.9 Å². The highest BCUT2D eigenvalue weighted by Crippen LogP contribution is 2.16. The SMILES string of the molecule is Cc1noc(Cc2ccccc2)c1CN. The van der Waals surface area contributed by atoms with Crippen molar-refractivity contribution >= 4 is 0 Å². The zero-order valence-corrected chi connectivity index (χ0v) is 8.73. The summed E-state index contributed by atoms with van der Waals surface area (Å²) >= 11 is 0. The Hall–Kier alpha value is -1.61. The molecule has 2 rings (SSSR count). The van der Waals surface area contributed by atoms with Crippen molar-refractivity contribution in [1.82, 2.24) is 5.16 Å². The summed E-state index contributed by atoms with van der Waals surface area (Å²) in [6.07, 6.45) is 0.758. The zero-order valence-electron chi connectivity index (χ0n) is 8.73. The van der Waals surface area contributed by atoms with Gasteiger partial charge < -0.3 is 10.3 Å². The van der Waals surface area contributed by atoms with Gasteiger partial charge in [-0.1, -0.05) is 35.5 Å². The normalized spacial score (nSPS) is 10.5. The molecule has 0 fully saturated rings. The highest BCUT2D eigenvalue weighted by molar-refractivity contribution is 5.27. The smallest absolute Gasteiger partial charge is 0.145 e. The molecule has 0 spiro atoms. The fourth-order valence-electron chi connectivity index (χ4n) is 1.62. The van der Waals surface area contributed by atoms with Gasteiger partial charge in [-0.25, -0.2) is 0 Å². The molecule has 0 aliphatic heterocycles. The molecule has 78 valence electrons. The van der Waals surface area contributed by atoms with Crippen LogP contribution in [0.15, 0.2) is 34.9 Å². The Kier molecular flexibility index (Phi) is 2.83. The van der Waals surface area contributed by atoms with E-state index in [2.05, 4.69) is 17.3 Å². The number of benzene rings is 1. The van der Waals surface area contributed by atoms with Gasteiger partial charge in [-0.3, -0.25) is 0 Å². The maximum absolute atomic E-state index is 5.65. The van der Waals surface area contributed by atoms with Crippen LogP contribution >= 0.6 is 0 Å². The topological polar surface area (TPSA) is 52.0 Å². The van der Waals surface area contributed by atoms with Crippen LogP contribution in [0.2, 0.25) is 0 Å². The first-order valence-electron chi connectivity index (χ1n) is 4.99. The Morgan fingerprint density at radius 1 is 1.27 bits per heavy atom. The maximum Gasteiger partial charge on any atom is 0.145 e. The molecule has 0 unspecified atom stereocenters. The standard InChI is InChI=1S/C12H14N2O/c1-9-11(8-13)12(15-14-9)7-10-5-3-2-4-6-10/h2-6H,7-8,13H2,1H3. The second kappa shape index (κ2) is 4.28. The summed E-state index contributed by atoms with van der Waals surface area (Å²) in [5.74, 6) is 0.876. The van der Waals surface area contributed by atoms with E-state index in [0.717, 1.165) is 23.4 Å². The molecule has 0 aliphatic rings. The quantitative estimate of drug-likeness (QED) is 0.828. The number of nitrogens with zero attached hydrogens (tertiary/aromatic N) is 1. The van der Waals surface area contributed by atoms with E-state index in [0.29, 0.717) is 6.54 Å². The fourth-order valence-corrected chi connectivity index (χ4v) is 1.62. The molecule has 1 heterocycles. The summed E-state index contributed by atoms with van der Waals surface area (Å²) in [5, 5.41) is 3.93. The summed E-state index contributed by atoms with van der Waals surface area (Å²) in [5.41, 5.74) is 8.78. The second-order valence-electron chi connectivity index (χ2n) is 3.54. The molecule has 0 amide bonds. The van der Waals surface area contributed by atoms with Crippen LogP contribution in [-0.4, -0.2) is 5.16 Å². The van der Waals surface area contributed by atoms with E-state index in [1.54, 1.807) is 0 Å². The van der Waals surface area contributed by atoms with E-state index in [9.17, 15) is 0 Å². The lowest BCUT2D eigenvalue weighted by atomic mass is 10.1. The molecule has 0 aliphatic carbocycles. The molecule has 2 N–H and O–H groups in total. The fraction of sp³-hybridized carbons (Fsp3) is 0.250. The van der Waals surface area contributed by atoms with E-state index < -0.39 is 0 Å². The van der Waals surface area contributed by atoms with Crippen molar-refractivity contribution in [1.29, 1.82) is 0 Å². The van der Waals surface area contributed by atoms with E-state index in [1.165, 1.54) is 5.56 Å². The molecule has 15 heavy (non-hydrogen) atoms. The number of nitrogens with two attached hydrogens (primary N) is 1. The van der Waals surface area contributed by atoms with Gasteiger partial charge in [0.25, 0.3) is 0 Å². The summed E-state index contributed by atoms with van der Waals surface area (Å²) in [7, 11) is 0. The molecule has 3 nitrogen and oxygen atoms in total. The Bertz CT molecular complexity index is 434. The van der Waals surface area contributed by atoms with Gasteiger partial charge in [0.1, 0.15) is 5.76 Å². The van der Waals surface area contributed by atoms with Crippen LogP contribution < -0.4 is 5.73 Å². The minimum Gasteiger partial charge on any atom is -0.360 e. The molecule has 1 aromatic heterocycles. The number of rotatable bonds is 3. The van der Waals surface area contributed by atoms with Crippen molar-refractivity contribution in [3.8, 4) is 0 Å². The number of aryl methyl sites for hydroxylation is 1. The Labute approximate surface area is 88.9 Å². The third-order valence-electron chi connectivity index (χ3n) is 2.48. The second-order valence-corrected chi connectivity index (χ2v) is 3.54. The molecule has 2 aromatic rings. The lowest BCUT2D eigenvalue weighted by Gasteiger charge is -1.99. The first-order chi connectivity index (χ1) is 7.31. The molecular weight excluding hydrogens is 188 g/mol. The largest absolute Gasteiger partial charge is 0.360 e. The third-order valence-corrected chi connectivity index (χ3v) is 2.48. The minimum absolute atomic E-state index is 0.484. The third kappa shape index (κ3) is 2.07. The van der Waals surface area contributed by atoms with Gasteiger partial charge in [0.15, 0.2) is 0 Å². The average molecular weight is 202 g/mol. The van der Waals surface area contributed by atoms with Crippen molar-refractivity contribution in [2.24, 2.45) is 5.73 Å². The summed E-state index contributed by atoms with van der Waals surface area (Å²) in [6.45, 7) is 2.40. The lowest BCUT2D eigenvalue weighted by Crippen LogP contribution is -2.01. The van der Waals surface area contributed by atoms with Gasteiger partial charge in [-0.05, 0) is 12.5 Å². The van der Waals surface area contributed by atoms with Gasteiger partial charge >= 0.3 is 0 Å². The van der Waals surface area contributed by atoms with Crippen LogP contribution in [0.3, 0.4) is 0 Å². The van der Waals surface area contributed by atoms with Crippen LogP contribution in [0.1, 0.15) is 22.6 Å². The molecule has 0 saturated carbocycles. The monoisotopic (exact) mass is 202 g/mol. The van der Waals surface area contributed by atoms with Crippen molar-refractivity contribution in [3.63, 3.8) is 0 Å². The van der Waals surface area contributed by atoms with Gasteiger partial charge in [0, 0.05) is 18.5 Å². The van der Waals surface area contributed by atoms with Crippen LogP contribution in [0, 0.1) is 6.92 Å². The summed E-state index contributed by atoms with van der Waals surface area (Å²) < 4.78 is 5.26. The predicted octanol–water partition coefficient (Wildman–Crippen LogP) is 2.03. The van der Waals surface area contributed by atoms with Crippen molar-refractivity contribution in [2.75, 3.05) is 0 Å².